The summed E-state index contributed by atoms with van der Waals surface area (Å²) < 4.78 is 5.53. The maximum atomic E-state index is 12.3. The monoisotopic (exact) mass is 1170 g/mol. The molecule has 4 aliphatic rings. The first kappa shape index (κ1) is 51.2. The Morgan fingerprint density at radius 3 is 1.67 bits per heavy atom. The van der Waals surface area contributed by atoms with E-state index in [2.05, 4.69) is 46.9 Å². The van der Waals surface area contributed by atoms with Crippen LogP contribution in [0.15, 0.2) is 57.5 Å². The number of carbonyl (C=O) groups is 5. The first-order chi connectivity index (χ1) is 26.3. The predicted octanol–water partition coefficient (Wildman–Crippen LogP) is -0.690. The average molecular weight is 1170 g/mol. The van der Waals surface area contributed by atoms with Gasteiger partial charge >= 0.3 is 138 Å². The second-order valence-corrected chi connectivity index (χ2v) is 15.9. The topological polar surface area (TPSA) is 231 Å². The van der Waals surface area contributed by atoms with Crippen LogP contribution in [-0.2, 0) is 32.1 Å². The Balaban J connectivity index is 0.000000314. The summed E-state index contributed by atoms with van der Waals surface area (Å²) in [5, 5.41) is 17.2. The molecule has 2 unspecified atom stereocenters. The Morgan fingerprint density at radius 1 is 0.807 bits per heavy atom. The molecule has 8 rings (SSSR count). The molecule has 2 amide bonds. The summed E-state index contributed by atoms with van der Waals surface area (Å²) in [6.45, 7) is -0.181. The van der Waals surface area contributed by atoms with Crippen LogP contribution in [0.25, 0.3) is 11.4 Å². The van der Waals surface area contributed by atoms with Crippen molar-refractivity contribution in [3.8, 4) is 11.4 Å². The number of benzene rings is 2. The molecule has 19 heteroatoms. The number of nitrogens with zero attached hydrogens (tertiary/aromatic N) is 4. The Kier molecular flexibility index (Phi) is 22.0. The van der Waals surface area contributed by atoms with Crippen LogP contribution in [0.5, 0.6) is 0 Å². The minimum absolute atomic E-state index is 0. The number of hydrogen-bond donors (Lipinski definition) is 3. The number of carbonyl (C=O) groups excluding carboxylic acids is 5. The summed E-state index contributed by atoms with van der Waals surface area (Å²) in [6.07, 6.45) is 10.0. The molecule has 14 nitrogen and oxygen atoms in total. The molecule has 0 radical (unpaired) electrons. The first-order valence-corrected chi connectivity index (χ1v) is 19.9. The van der Waals surface area contributed by atoms with Crippen molar-refractivity contribution in [2.45, 2.75) is 82.6 Å². The number of fused-ring (bicyclic) bond motifs is 2. The Labute approximate surface area is 471 Å². The van der Waals surface area contributed by atoms with Gasteiger partial charge in [-0.25, -0.2) is 9.36 Å². The van der Waals surface area contributed by atoms with Gasteiger partial charge in [-0.1, -0.05) is 44.0 Å². The van der Waals surface area contributed by atoms with Gasteiger partial charge in [-0.2, -0.15) is 10.2 Å². The maximum absolute atomic E-state index is 12.3. The SMILES string of the molecule is NC(=O)c1nn(-c2cccc(Br)c2)c2c1C(CC(=O)C1CC1)CCC2.NC(=O)c1nn(-c2cccc(Br)c2)c2c1C(N)CCC2.O=C(Cl)C1CC1.O=CO[O-].[Cs+].[Cs+].[H-]. The van der Waals surface area contributed by atoms with Crippen LogP contribution in [-0.4, -0.2) is 48.9 Å². The van der Waals surface area contributed by atoms with Crippen molar-refractivity contribution in [1.82, 2.24) is 19.6 Å². The molecular formula is C38H42Br2ClCs2N7O7. The second-order valence-electron chi connectivity index (χ2n) is 13.7. The van der Waals surface area contributed by atoms with E-state index in [4.69, 9.17) is 38.9 Å². The minimum Gasteiger partial charge on any atom is -1.00 e. The zero-order valence-corrected chi connectivity index (χ0v) is 48.3. The molecule has 0 bridgehead atoms. The van der Waals surface area contributed by atoms with Crippen LogP contribution in [0.3, 0.4) is 0 Å². The molecular weight excluding hydrogens is 1130 g/mol. The van der Waals surface area contributed by atoms with Crippen molar-refractivity contribution in [3.05, 3.63) is 91.4 Å². The van der Waals surface area contributed by atoms with E-state index >= 15 is 0 Å². The van der Waals surface area contributed by atoms with E-state index in [-0.39, 0.29) is 175 Å². The molecule has 6 N–H and O–H groups in total. The zero-order chi connectivity index (χ0) is 39.8. The van der Waals surface area contributed by atoms with E-state index in [1.807, 2.05) is 53.2 Å². The molecule has 2 aromatic heterocycles. The molecule has 2 fully saturated rings. The van der Waals surface area contributed by atoms with Crippen molar-refractivity contribution in [2.24, 2.45) is 29.0 Å². The third-order valence-electron chi connectivity index (χ3n) is 9.71. The fraction of sp³-hybridized carbons (Fsp3) is 0.395. The van der Waals surface area contributed by atoms with E-state index in [1.165, 1.54) is 0 Å². The number of rotatable bonds is 9. The fourth-order valence-corrected chi connectivity index (χ4v) is 7.85. The third kappa shape index (κ3) is 14.2. The van der Waals surface area contributed by atoms with Crippen LogP contribution >= 0.6 is 43.5 Å². The van der Waals surface area contributed by atoms with Gasteiger partial charge in [0.25, 0.3) is 18.3 Å². The third-order valence-corrected chi connectivity index (χ3v) is 11.0. The summed E-state index contributed by atoms with van der Waals surface area (Å²) in [5.41, 5.74) is 23.3. The molecule has 294 valence electrons. The van der Waals surface area contributed by atoms with E-state index < -0.39 is 11.8 Å². The van der Waals surface area contributed by atoms with Crippen molar-refractivity contribution >= 4 is 72.8 Å². The molecule has 0 aliphatic heterocycles. The number of hydrogen-bond acceptors (Lipinski definition) is 10. The second kappa shape index (κ2) is 24.5. The van der Waals surface area contributed by atoms with Gasteiger partial charge < -0.3 is 28.8 Å². The quantitative estimate of drug-likeness (QED) is 0.0827. The van der Waals surface area contributed by atoms with Gasteiger partial charge in [0.15, 0.2) is 11.4 Å². The van der Waals surface area contributed by atoms with Crippen molar-refractivity contribution in [2.75, 3.05) is 0 Å². The molecule has 4 aromatic rings. The minimum atomic E-state index is -0.521. The normalized spacial score (nSPS) is 17.4. The summed E-state index contributed by atoms with van der Waals surface area (Å²) in [6, 6.07) is 15.4. The Bertz CT molecular complexity index is 2080. The van der Waals surface area contributed by atoms with Crippen LogP contribution < -0.4 is 160 Å². The van der Waals surface area contributed by atoms with Crippen LogP contribution in [0.4, 0.5) is 0 Å². The smallest absolute Gasteiger partial charge is 1.00 e. The van der Waals surface area contributed by atoms with E-state index in [0.717, 1.165) is 107 Å². The molecule has 2 aromatic carbocycles. The number of Topliss-reactive ketones (excluding diaryl/α,β-unsaturated/α-hetero) is 1. The van der Waals surface area contributed by atoms with E-state index in [1.54, 1.807) is 4.68 Å². The first-order valence-electron chi connectivity index (χ1n) is 17.9. The summed E-state index contributed by atoms with van der Waals surface area (Å²) in [7, 11) is 0. The van der Waals surface area contributed by atoms with Gasteiger partial charge in [-0.15, -0.1) is 0 Å². The fourth-order valence-electron chi connectivity index (χ4n) is 6.86. The molecule has 2 heterocycles. The molecule has 57 heavy (non-hydrogen) atoms. The number of ketones is 1. The van der Waals surface area contributed by atoms with E-state index in [0.29, 0.717) is 23.6 Å². The van der Waals surface area contributed by atoms with Gasteiger partial charge in [0.1, 0.15) is 5.78 Å². The largest absolute Gasteiger partial charge is 1.00 e. The predicted molar refractivity (Wildman–Crippen MR) is 209 cm³/mol. The average Bonchev–Trinajstić information content (AvgIpc) is 4.10. The number of aromatic nitrogens is 4. The number of nitrogens with two attached hydrogens (primary N) is 3. The van der Waals surface area contributed by atoms with Gasteiger partial charge in [-0.05, 0) is 118 Å². The van der Waals surface area contributed by atoms with Crippen LogP contribution in [0.2, 0.25) is 0 Å². The zero-order valence-electron chi connectivity index (χ0n) is 32.8. The molecule has 4 aliphatic carbocycles. The summed E-state index contributed by atoms with van der Waals surface area (Å²) in [4.78, 5) is 57.2. The van der Waals surface area contributed by atoms with Crippen molar-refractivity contribution in [1.29, 1.82) is 0 Å². The number of halogens is 3. The maximum Gasteiger partial charge on any atom is 1.00 e. The van der Waals surface area contributed by atoms with Gasteiger partial charge in [0, 0.05) is 55.8 Å². The van der Waals surface area contributed by atoms with Gasteiger partial charge in [0.2, 0.25) is 5.24 Å². The summed E-state index contributed by atoms with van der Waals surface area (Å²) >= 11 is 12.0. The van der Waals surface area contributed by atoms with E-state index in [9.17, 15) is 19.2 Å². The van der Waals surface area contributed by atoms with Crippen molar-refractivity contribution in [3.63, 3.8) is 0 Å². The Morgan fingerprint density at radius 2 is 1.26 bits per heavy atom. The molecule has 0 spiro atoms. The molecule has 2 atom stereocenters. The van der Waals surface area contributed by atoms with Gasteiger partial charge in [0.05, 0.1) is 11.4 Å². The van der Waals surface area contributed by atoms with Crippen LogP contribution in [0.1, 0.15) is 115 Å². The summed E-state index contributed by atoms with van der Waals surface area (Å²) in [5.74, 6) is -0.193. The van der Waals surface area contributed by atoms with Crippen molar-refractivity contribution < 1.29 is 173 Å². The standard InChI is InChI=1S/C19H20BrN3O2.C14H15BrN4O.C4H5ClO.CH2O3.2Cs.H/c20-13-4-2-5-14(10-13)23-15-6-1-3-12(9-16(24)11-7-8-11)17(15)18(22-23)19(21)25;15-8-3-1-4-9(7-8)19-11-6-2-5-10(16)12(11)13(18-19)14(17)20;5-4(6)3-1-2-3;2-1-4-3;;;/h2,4-5,10-12H,1,3,6-9H2,(H2,21,25);1,3-4,7,10H,2,5-6,16H2,(H2,17,20);3H,1-2H2;1,3H;;;/q;;;;2*+1;-1/p-1. The molecule has 0 saturated heterocycles. The Hall–Kier alpha value is -0.116. The van der Waals surface area contributed by atoms with Crippen LogP contribution in [0, 0.1) is 11.8 Å². The van der Waals surface area contributed by atoms with Gasteiger partial charge in [-0.3, -0.25) is 24.0 Å². The number of amides is 2. The molecule has 2 saturated carbocycles. The number of primary amides is 2.